The number of amides is 2. The Morgan fingerprint density at radius 1 is 1.15 bits per heavy atom. The number of ether oxygens (including phenoxy) is 1. The highest BCUT2D eigenvalue weighted by atomic mass is 19.1. The molecule has 1 fully saturated rings. The van der Waals surface area contributed by atoms with E-state index < -0.39 is 17.4 Å². The van der Waals surface area contributed by atoms with E-state index in [2.05, 4.69) is 0 Å². The van der Waals surface area contributed by atoms with Crippen molar-refractivity contribution in [2.45, 2.75) is 25.1 Å². The fraction of sp³-hybridized carbons (Fsp3) is 0.250. The van der Waals surface area contributed by atoms with Crippen molar-refractivity contribution in [3.05, 3.63) is 65.5 Å². The minimum absolute atomic E-state index is 0.112. The van der Waals surface area contributed by atoms with Gasteiger partial charge in [-0.1, -0.05) is 30.3 Å². The molecule has 27 heavy (non-hydrogen) atoms. The molecular formula is C20H17FN2O4. The van der Waals surface area contributed by atoms with E-state index in [0.717, 1.165) is 0 Å². The van der Waals surface area contributed by atoms with Gasteiger partial charge in [0.05, 0.1) is 11.3 Å². The van der Waals surface area contributed by atoms with Crippen LogP contribution in [-0.2, 0) is 20.9 Å². The highest BCUT2D eigenvalue weighted by Crippen LogP contribution is 2.44. The van der Waals surface area contributed by atoms with E-state index in [1.807, 2.05) is 0 Å². The standard InChI is InChI=1S/C20H17FN2O4/c1-22-18(25)14-7-3-5-9-16(14)23-17(24)10-11-20(22,23)19(26)27-12-13-6-2-4-8-15(13)21/h2-9H,10-12H2,1H3/t20-/m0/s1. The summed E-state index contributed by atoms with van der Waals surface area (Å²) < 4.78 is 19.2. The number of benzene rings is 2. The monoisotopic (exact) mass is 368 g/mol. The fourth-order valence-electron chi connectivity index (χ4n) is 3.77. The molecule has 2 amide bonds. The summed E-state index contributed by atoms with van der Waals surface area (Å²) in [5, 5.41) is 0. The Bertz CT molecular complexity index is 961. The molecule has 4 rings (SSSR count). The van der Waals surface area contributed by atoms with Crippen molar-refractivity contribution in [1.29, 1.82) is 0 Å². The Kier molecular flexibility index (Phi) is 3.95. The Hall–Kier alpha value is -3.22. The summed E-state index contributed by atoms with van der Waals surface area (Å²) in [6.45, 7) is -0.279. The van der Waals surface area contributed by atoms with E-state index >= 15 is 0 Å². The van der Waals surface area contributed by atoms with Crippen LogP contribution in [0.3, 0.4) is 0 Å². The Morgan fingerprint density at radius 3 is 2.63 bits per heavy atom. The van der Waals surface area contributed by atoms with Gasteiger partial charge in [-0.25, -0.2) is 9.18 Å². The maximum atomic E-state index is 13.8. The minimum atomic E-state index is -1.55. The summed E-state index contributed by atoms with van der Waals surface area (Å²) in [6.07, 6.45) is 0.235. The first-order chi connectivity index (χ1) is 13.0. The normalized spacial score (nSPS) is 21.1. The molecule has 2 aliphatic heterocycles. The van der Waals surface area contributed by atoms with Gasteiger partial charge in [-0.05, 0) is 18.2 Å². The fourth-order valence-corrected chi connectivity index (χ4v) is 3.77. The summed E-state index contributed by atoms with van der Waals surface area (Å²) in [5.41, 5.74) is -0.574. The van der Waals surface area contributed by atoms with Crippen LogP contribution in [-0.4, -0.2) is 35.4 Å². The van der Waals surface area contributed by atoms with Gasteiger partial charge in [0.25, 0.3) is 5.91 Å². The number of esters is 1. The van der Waals surface area contributed by atoms with Gasteiger partial charge in [0.15, 0.2) is 0 Å². The minimum Gasteiger partial charge on any atom is -0.458 e. The molecular weight excluding hydrogens is 351 g/mol. The molecule has 0 spiro atoms. The summed E-state index contributed by atoms with van der Waals surface area (Å²) in [7, 11) is 1.48. The third kappa shape index (κ3) is 2.42. The molecule has 0 aliphatic carbocycles. The molecule has 0 saturated carbocycles. The molecule has 138 valence electrons. The lowest BCUT2D eigenvalue weighted by molar-refractivity contribution is -0.157. The van der Waals surface area contributed by atoms with Crippen LogP contribution in [0.15, 0.2) is 48.5 Å². The summed E-state index contributed by atoms with van der Waals surface area (Å²) in [6, 6.07) is 12.6. The predicted octanol–water partition coefficient (Wildman–Crippen LogP) is 2.48. The van der Waals surface area contributed by atoms with Crippen molar-refractivity contribution in [3.63, 3.8) is 0 Å². The van der Waals surface area contributed by atoms with E-state index in [-0.39, 0.29) is 36.8 Å². The summed E-state index contributed by atoms with van der Waals surface area (Å²) in [5.74, 6) is -1.86. The molecule has 2 heterocycles. The molecule has 1 atom stereocenters. The first kappa shape index (κ1) is 17.2. The van der Waals surface area contributed by atoms with Crippen LogP contribution in [0.2, 0.25) is 0 Å². The van der Waals surface area contributed by atoms with Crippen molar-refractivity contribution in [3.8, 4) is 0 Å². The van der Waals surface area contributed by atoms with Crippen molar-refractivity contribution in [2.75, 3.05) is 11.9 Å². The number of likely N-dealkylation sites (N-methyl/N-ethyl adjacent to an activating group) is 1. The number of carbonyl (C=O) groups excluding carboxylic acids is 3. The summed E-state index contributed by atoms with van der Waals surface area (Å²) >= 11 is 0. The molecule has 0 bridgehead atoms. The van der Waals surface area contributed by atoms with E-state index in [0.29, 0.717) is 11.3 Å². The smallest absolute Gasteiger partial charge is 0.354 e. The van der Waals surface area contributed by atoms with Crippen molar-refractivity contribution >= 4 is 23.5 Å². The van der Waals surface area contributed by atoms with Crippen LogP contribution in [0.4, 0.5) is 10.1 Å². The van der Waals surface area contributed by atoms with E-state index in [1.54, 1.807) is 36.4 Å². The van der Waals surface area contributed by atoms with Crippen molar-refractivity contribution in [1.82, 2.24) is 4.90 Å². The lowest BCUT2D eigenvalue weighted by atomic mass is 9.97. The second-order valence-electron chi connectivity index (χ2n) is 6.59. The number of fused-ring (bicyclic) bond motifs is 3. The van der Waals surface area contributed by atoms with Crippen LogP contribution < -0.4 is 4.90 Å². The predicted molar refractivity (Wildman–Crippen MR) is 94.2 cm³/mol. The average molecular weight is 368 g/mol. The Labute approximate surface area is 155 Å². The maximum Gasteiger partial charge on any atom is 0.354 e. The van der Waals surface area contributed by atoms with Crippen LogP contribution in [0.1, 0.15) is 28.8 Å². The second-order valence-corrected chi connectivity index (χ2v) is 6.59. The third-order valence-corrected chi connectivity index (χ3v) is 5.19. The number of carbonyl (C=O) groups is 3. The van der Waals surface area contributed by atoms with Gasteiger partial charge in [0.1, 0.15) is 12.4 Å². The van der Waals surface area contributed by atoms with Gasteiger partial charge >= 0.3 is 5.97 Å². The van der Waals surface area contributed by atoms with Gasteiger partial charge in [0.2, 0.25) is 11.6 Å². The molecule has 2 aliphatic rings. The highest BCUT2D eigenvalue weighted by molar-refractivity contribution is 6.15. The number of halogens is 1. The number of nitrogens with zero attached hydrogens (tertiary/aromatic N) is 2. The van der Waals surface area contributed by atoms with Gasteiger partial charge < -0.3 is 9.64 Å². The van der Waals surface area contributed by atoms with Crippen LogP contribution in [0.5, 0.6) is 0 Å². The van der Waals surface area contributed by atoms with Crippen molar-refractivity contribution in [2.24, 2.45) is 0 Å². The largest absolute Gasteiger partial charge is 0.458 e. The quantitative estimate of drug-likeness (QED) is 0.781. The van der Waals surface area contributed by atoms with E-state index in [4.69, 9.17) is 4.74 Å². The summed E-state index contributed by atoms with van der Waals surface area (Å²) in [4.78, 5) is 41.1. The van der Waals surface area contributed by atoms with E-state index in [1.165, 1.54) is 29.0 Å². The Morgan fingerprint density at radius 2 is 1.85 bits per heavy atom. The topological polar surface area (TPSA) is 66.9 Å². The molecule has 2 aromatic rings. The zero-order valence-electron chi connectivity index (χ0n) is 14.6. The second kappa shape index (κ2) is 6.19. The zero-order valence-corrected chi connectivity index (χ0v) is 14.6. The molecule has 2 aromatic carbocycles. The first-order valence-corrected chi connectivity index (χ1v) is 8.57. The van der Waals surface area contributed by atoms with E-state index in [9.17, 15) is 18.8 Å². The first-order valence-electron chi connectivity index (χ1n) is 8.57. The highest BCUT2D eigenvalue weighted by Gasteiger charge is 2.60. The molecule has 0 radical (unpaired) electrons. The molecule has 0 unspecified atom stereocenters. The third-order valence-electron chi connectivity index (χ3n) is 5.19. The molecule has 0 N–H and O–H groups in total. The Balaban J connectivity index is 1.71. The molecule has 7 heteroatoms. The van der Waals surface area contributed by atoms with Gasteiger partial charge in [-0.2, -0.15) is 0 Å². The van der Waals surface area contributed by atoms with Gasteiger partial charge in [0, 0.05) is 25.5 Å². The number of anilines is 1. The molecule has 6 nitrogen and oxygen atoms in total. The van der Waals surface area contributed by atoms with Crippen LogP contribution in [0, 0.1) is 5.82 Å². The SMILES string of the molecule is CN1C(=O)c2ccccc2N2C(=O)CC[C@]12C(=O)OCc1ccccc1F. The van der Waals surface area contributed by atoms with Crippen LogP contribution in [0.25, 0.3) is 0 Å². The lowest BCUT2D eigenvalue weighted by Crippen LogP contribution is -2.67. The number of hydrogen-bond donors (Lipinski definition) is 0. The molecule has 1 saturated heterocycles. The lowest BCUT2D eigenvalue weighted by Gasteiger charge is -2.46. The van der Waals surface area contributed by atoms with Crippen LogP contribution >= 0.6 is 0 Å². The molecule has 0 aromatic heterocycles. The van der Waals surface area contributed by atoms with Gasteiger partial charge in [-0.15, -0.1) is 0 Å². The number of hydrogen-bond acceptors (Lipinski definition) is 4. The number of para-hydroxylation sites is 1. The average Bonchev–Trinajstić information content (AvgIpc) is 3.04. The van der Waals surface area contributed by atoms with Gasteiger partial charge in [-0.3, -0.25) is 14.5 Å². The maximum absolute atomic E-state index is 13.8. The zero-order chi connectivity index (χ0) is 19.2. The van der Waals surface area contributed by atoms with Crippen molar-refractivity contribution < 1.29 is 23.5 Å². The number of rotatable bonds is 3.